The van der Waals surface area contributed by atoms with E-state index >= 15 is 0 Å². The summed E-state index contributed by atoms with van der Waals surface area (Å²) >= 11 is 5.93. The number of esters is 1. The summed E-state index contributed by atoms with van der Waals surface area (Å²) in [7, 11) is 0. The first-order chi connectivity index (χ1) is 11.1. The molecule has 0 unspecified atom stereocenters. The van der Waals surface area contributed by atoms with E-state index in [1.807, 2.05) is 30.3 Å². The van der Waals surface area contributed by atoms with Crippen molar-refractivity contribution in [3.05, 3.63) is 70.7 Å². The molecule has 0 aliphatic heterocycles. The van der Waals surface area contributed by atoms with Gasteiger partial charge in [-0.05, 0) is 17.7 Å². The smallest absolute Gasteiger partial charge is 0.331 e. The predicted molar refractivity (Wildman–Crippen MR) is 86.0 cm³/mol. The molecular weight excluding hydrogens is 318 g/mol. The van der Waals surface area contributed by atoms with E-state index in [1.54, 1.807) is 18.2 Å². The number of hydrogen-bond donors (Lipinski definition) is 2. The van der Waals surface area contributed by atoms with Gasteiger partial charge in [0.1, 0.15) is 6.61 Å². The average molecular weight is 334 g/mol. The van der Waals surface area contributed by atoms with Crippen molar-refractivity contribution in [1.82, 2.24) is 5.32 Å². The zero-order valence-electron chi connectivity index (χ0n) is 12.2. The highest BCUT2D eigenvalue weighted by Crippen LogP contribution is 2.14. The van der Waals surface area contributed by atoms with Crippen molar-refractivity contribution in [2.45, 2.75) is 12.6 Å². The first kappa shape index (κ1) is 17.0. The number of benzene rings is 2. The van der Waals surface area contributed by atoms with Crippen LogP contribution in [-0.4, -0.2) is 29.6 Å². The summed E-state index contributed by atoms with van der Waals surface area (Å²) in [5.74, 6) is -1.26. The molecule has 23 heavy (non-hydrogen) atoms. The molecule has 2 aromatic rings. The van der Waals surface area contributed by atoms with Crippen LogP contribution in [0.15, 0.2) is 54.6 Å². The van der Waals surface area contributed by atoms with Gasteiger partial charge in [0.05, 0.1) is 17.2 Å². The summed E-state index contributed by atoms with van der Waals surface area (Å²) < 4.78 is 5.10. The van der Waals surface area contributed by atoms with Crippen LogP contribution in [-0.2, 0) is 16.1 Å². The minimum absolute atomic E-state index is 0.0676. The Kier molecular flexibility index (Phi) is 6.14. The number of aliphatic hydroxyl groups is 1. The second kappa shape index (κ2) is 8.31. The van der Waals surface area contributed by atoms with Crippen LogP contribution in [0, 0.1) is 0 Å². The molecule has 0 spiro atoms. The number of aliphatic hydroxyl groups excluding tert-OH is 1. The molecule has 0 fully saturated rings. The molecule has 6 heteroatoms. The van der Waals surface area contributed by atoms with Crippen LogP contribution in [0.25, 0.3) is 0 Å². The standard InChI is InChI=1S/C17H16ClNO4/c18-14-9-5-4-8-13(14)16(21)19-15(10-20)17(22)23-11-12-6-2-1-3-7-12/h1-9,15,20H,10-11H2,(H,19,21)/t15-/m0/s1. The van der Waals surface area contributed by atoms with E-state index in [2.05, 4.69) is 5.32 Å². The lowest BCUT2D eigenvalue weighted by atomic mass is 10.2. The van der Waals surface area contributed by atoms with E-state index in [0.29, 0.717) is 0 Å². The van der Waals surface area contributed by atoms with E-state index < -0.39 is 24.5 Å². The third kappa shape index (κ3) is 4.81. The zero-order valence-corrected chi connectivity index (χ0v) is 13.0. The molecule has 0 aromatic heterocycles. The number of carbonyl (C=O) groups excluding carboxylic acids is 2. The van der Waals surface area contributed by atoms with Gasteiger partial charge in [-0.15, -0.1) is 0 Å². The molecule has 0 saturated carbocycles. The van der Waals surface area contributed by atoms with Gasteiger partial charge in [-0.25, -0.2) is 4.79 Å². The minimum Gasteiger partial charge on any atom is -0.459 e. The van der Waals surface area contributed by atoms with Crippen molar-refractivity contribution in [2.75, 3.05) is 6.61 Å². The Hall–Kier alpha value is -2.37. The van der Waals surface area contributed by atoms with E-state index in [9.17, 15) is 14.7 Å². The highest BCUT2D eigenvalue weighted by atomic mass is 35.5. The summed E-state index contributed by atoms with van der Waals surface area (Å²) in [6.45, 7) is -0.498. The Balaban J connectivity index is 1.95. The summed E-state index contributed by atoms with van der Waals surface area (Å²) in [6, 6.07) is 14.4. The molecule has 0 aliphatic carbocycles. The van der Waals surface area contributed by atoms with Crippen LogP contribution in [0.4, 0.5) is 0 Å². The van der Waals surface area contributed by atoms with Crippen LogP contribution in [0.1, 0.15) is 15.9 Å². The Bertz CT molecular complexity index is 675. The molecule has 120 valence electrons. The van der Waals surface area contributed by atoms with Gasteiger partial charge in [0.15, 0.2) is 6.04 Å². The largest absolute Gasteiger partial charge is 0.459 e. The fraction of sp³-hybridized carbons (Fsp3) is 0.176. The molecule has 0 heterocycles. The number of carbonyl (C=O) groups is 2. The van der Waals surface area contributed by atoms with Crippen molar-refractivity contribution >= 4 is 23.5 Å². The van der Waals surface area contributed by atoms with E-state index in [-0.39, 0.29) is 17.2 Å². The molecule has 1 amide bonds. The van der Waals surface area contributed by atoms with Gasteiger partial charge in [0.2, 0.25) is 0 Å². The summed E-state index contributed by atoms with van der Waals surface area (Å²) in [6.07, 6.45) is 0. The van der Waals surface area contributed by atoms with E-state index in [4.69, 9.17) is 16.3 Å². The molecule has 5 nitrogen and oxygen atoms in total. The van der Waals surface area contributed by atoms with E-state index in [1.165, 1.54) is 6.07 Å². The third-order valence-corrected chi connectivity index (χ3v) is 3.44. The maximum Gasteiger partial charge on any atom is 0.331 e. The van der Waals surface area contributed by atoms with Gasteiger partial charge in [0.25, 0.3) is 5.91 Å². The van der Waals surface area contributed by atoms with Gasteiger partial charge >= 0.3 is 5.97 Å². The Morgan fingerprint density at radius 2 is 1.74 bits per heavy atom. The summed E-state index contributed by atoms with van der Waals surface area (Å²) in [5.41, 5.74) is 1.04. The van der Waals surface area contributed by atoms with Gasteiger partial charge in [-0.3, -0.25) is 4.79 Å². The van der Waals surface area contributed by atoms with Gasteiger partial charge in [0, 0.05) is 0 Å². The topological polar surface area (TPSA) is 75.6 Å². The lowest BCUT2D eigenvalue weighted by Gasteiger charge is -2.16. The highest BCUT2D eigenvalue weighted by molar-refractivity contribution is 6.33. The lowest BCUT2D eigenvalue weighted by Crippen LogP contribution is -2.44. The minimum atomic E-state index is -1.15. The fourth-order valence-corrected chi connectivity index (χ4v) is 2.11. The van der Waals surface area contributed by atoms with Crippen molar-refractivity contribution in [3.63, 3.8) is 0 Å². The molecule has 2 N–H and O–H groups in total. The predicted octanol–water partition coefficient (Wildman–Crippen LogP) is 2.17. The first-order valence-corrected chi connectivity index (χ1v) is 7.36. The Labute approximate surface area is 138 Å². The number of rotatable bonds is 6. The number of nitrogens with one attached hydrogen (secondary N) is 1. The van der Waals surface area contributed by atoms with Crippen molar-refractivity contribution in [3.8, 4) is 0 Å². The van der Waals surface area contributed by atoms with Crippen LogP contribution in [0.2, 0.25) is 5.02 Å². The van der Waals surface area contributed by atoms with Gasteiger partial charge < -0.3 is 15.2 Å². The van der Waals surface area contributed by atoms with Crippen LogP contribution < -0.4 is 5.32 Å². The molecule has 2 aromatic carbocycles. The maximum atomic E-state index is 12.1. The lowest BCUT2D eigenvalue weighted by molar-refractivity contribution is -0.148. The second-order valence-electron chi connectivity index (χ2n) is 4.78. The SMILES string of the molecule is O=C(N[C@@H](CO)C(=O)OCc1ccccc1)c1ccccc1Cl. The van der Waals surface area contributed by atoms with Crippen molar-refractivity contribution < 1.29 is 19.4 Å². The van der Waals surface area contributed by atoms with Crippen molar-refractivity contribution in [1.29, 1.82) is 0 Å². The Morgan fingerprint density at radius 3 is 2.39 bits per heavy atom. The summed E-state index contributed by atoms with van der Waals surface area (Å²) in [5, 5.41) is 12.0. The molecule has 0 radical (unpaired) electrons. The van der Waals surface area contributed by atoms with E-state index in [0.717, 1.165) is 5.56 Å². The second-order valence-corrected chi connectivity index (χ2v) is 5.19. The molecular formula is C17H16ClNO4. The normalized spacial score (nSPS) is 11.6. The van der Waals surface area contributed by atoms with Crippen LogP contribution >= 0.6 is 11.6 Å². The van der Waals surface area contributed by atoms with Gasteiger partial charge in [-0.1, -0.05) is 54.1 Å². The molecule has 0 bridgehead atoms. The maximum absolute atomic E-state index is 12.1. The molecule has 0 saturated heterocycles. The highest BCUT2D eigenvalue weighted by Gasteiger charge is 2.23. The molecule has 1 atom stereocenters. The van der Waals surface area contributed by atoms with Crippen molar-refractivity contribution in [2.24, 2.45) is 0 Å². The molecule has 2 rings (SSSR count). The Morgan fingerprint density at radius 1 is 1.09 bits per heavy atom. The van der Waals surface area contributed by atoms with Crippen LogP contribution in [0.5, 0.6) is 0 Å². The summed E-state index contributed by atoms with van der Waals surface area (Å²) in [4.78, 5) is 24.1. The molecule has 0 aliphatic rings. The zero-order chi connectivity index (χ0) is 16.7. The van der Waals surface area contributed by atoms with Gasteiger partial charge in [-0.2, -0.15) is 0 Å². The first-order valence-electron chi connectivity index (χ1n) is 6.98. The van der Waals surface area contributed by atoms with Crippen LogP contribution in [0.3, 0.4) is 0 Å². The quantitative estimate of drug-likeness (QED) is 0.794. The number of ether oxygens (including phenoxy) is 1. The average Bonchev–Trinajstić information content (AvgIpc) is 2.58. The number of amides is 1. The number of halogens is 1. The third-order valence-electron chi connectivity index (χ3n) is 3.11. The fourth-order valence-electron chi connectivity index (χ4n) is 1.89. The number of hydrogen-bond acceptors (Lipinski definition) is 4. The monoisotopic (exact) mass is 333 g/mol.